The Balaban J connectivity index is 1.80. The van der Waals surface area contributed by atoms with Gasteiger partial charge >= 0.3 is 5.97 Å². The molecule has 3 rings (SSSR count). The summed E-state index contributed by atoms with van der Waals surface area (Å²) in [6.07, 6.45) is 0. The van der Waals surface area contributed by atoms with Gasteiger partial charge in [0.15, 0.2) is 0 Å². The molecule has 1 saturated heterocycles. The summed E-state index contributed by atoms with van der Waals surface area (Å²) in [6.45, 7) is 3.93. The second-order valence-corrected chi connectivity index (χ2v) is 6.27. The highest BCUT2D eigenvalue weighted by atomic mass is 16.5. The van der Waals surface area contributed by atoms with Crippen LogP contribution in [0.1, 0.15) is 36.6 Å². The zero-order valence-corrected chi connectivity index (χ0v) is 14.9. The van der Waals surface area contributed by atoms with Crippen LogP contribution in [0, 0.1) is 6.92 Å². The number of morpholine rings is 1. The quantitative estimate of drug-likeness (QED) is 0.864. The van der Waals surface area contributed by atoms with Gasteiger partial charge in [-0.05, 0) is 42.8 Å². The minimum atomic E-state index is -1.10. The number of carbonyl (C=O) groups is 3. The molecule has 0 saturated carbocycles. The Bertz CT molecular complexity index is 888. The number of nitrogens with zero attached hydrogens (tertiary/aromatic N) is 1. The summed E-state index contributed by atoms with van der Waals surface area (Å²) in [7, 11) is 0. The van der Waals surface area contributed by atoms with E-state index in [-0.39, 0.29) is 17.0 Å². The fraction of sp³-hybridized carbons (Fsp3) is 0.250. The summed E-state index contributed by atoms with van der Waals surface area (Å²) in [4.78, 5) is 37.9. The average Bonchev–Trinajstić information content (AvgIpc) is 2.69. The number of aromatic carboxylic acids is 1. The minimum Gasteiger partial charge on any atom is -0.478 e. The molecule has 0 aromatic heterocycles. The molecule has 0 aliphatic carbocycles. The van der Waals surface area contributed by atoms with E-state index in [2.05, 4.69) is 5.32 Å². The number of nitrogens with one attached hydrogen (secondary N) is 1. The first-order valence-corrected chi connectivity index (χ1v) is 8.58. The van der Waals surface area contributed by atoms with Gasteiger partial charge in [0.2, 0.25) is 0 Å². The number of ether oxygens (including phenoxy) is 1. The number of benzene rings is 2. The highest BCUT2D eigenvalue weighted by molar-refractivity contribution is 6.06. The van der Waals surface area contributed by atoms with Gasteiger partial charge in [-0.2, -0.15) is 0 Å². The molecule has 0 bridgehead atoms. The lowest BCUT2D eigenvalue weighted by atomic mass is 10.1. The van der Waals surface area contributed by atoms with Crippen molar-refractivity contribution in [3.05, 3.63) is 64.7 Å². The van der Waals surface area contributed by atoms with Gasteiger partial charge in [-0.3, -0.25) is 9.59 Å². The second-order valence-electron chi connectivity index (χ2n) is 6.27. The first-order valence-electron chi connectivity index (χ1n) is 8.58. The Morgan fingerprint density at radius 2 is 1.70 bits per heavy atom. The van der Waals surface area contributed by atoms with Gasteiger partial charge in [0, 0.05) is 29.9 Å². The lowest BCUT2D eigenvalue weighted by molar-refractivity contribution is 0.0303. The Morgan fingerprint density at radius 1 is 1.00 bits per heavy atom. The van der Waals surface area contributed by atoms with E-state index in [0.29, 0.717) is 37.6 Å². The number of hydrogen-bond acceptors (Lipinski definition) is 4. The molecule has 27 heavy (non-hydrogen) atoms. The lowest BCUT2D eigenvalue weighted by Gasteiger charge is -2.27. The Kier molecular flexibility index (Phi) is 5.52. The average molecular weight is 368 g/mol. The molecule has 2 aromatic rings. The van der Waals surface area contributed by atoms with Gasteiger partial charge in [-0.15, -0.1) is 0 Å². The number of hydrogen-bond donors (Lipinski definition) is 2. The van der Waals surface area contributed by atoms with E-state index in [9.17, 15) is 14.4 Å². The van der Waals surface area contributed by atoms with Crippen molar-refractivity contribution in [1.82, 2.24) is 4.90 Å². The molecule has 1 aliphatic heterocycles. The van der Waals surface area contributed by atoms with Crippen molar-refractivity contribution in [2.45, 2.75) is 6.92 Å². The fourth-order valence-corrected chi connectivity index (χ4v) is 2.83. The van der Waals surface area contributed by atoms with Gasteiger partial charge in [0.25, 0.3) is 11.8 Å². The highest BCUT2D eigenvalue weighted by Gasteiger charge is 2.19. The van der Waals surface area contributed by atoms with Gasteiger partial charge in [-0.25, -0.2) is 4.79 Å². The predicted octanol–water partition coefficient (Wildman–Crippen LogP) is 2.42. The molecular formula is C20H20N2O5. The third-order valence-electron chi connectivity index (χ3n) is 4.40. The number of anilines is 1. The standard InChI is InChI=1S/C20H20N2O5/c1-13-5-6-15(19(24)22-7-9-27-10-8-22)12-17(13)21-18(23)14-3-2-4-16(11-14)20(25)26/h2-6,11-12H,7-10H2,1H3,(H,21,23)(H,25,26). The molecule has 2 amide bonds. The Morgan fingerprint density at radius 3 is 2.41 bits per heavy atom. The summed E-state index contributed by atoms with van der Waals surface area (Å²) in [5.74, 6) is -1.64. The maximum atomic E-state index is 12.6. The van der Waals surface area contributed by atoms with Crippen LogP contribution in [0.3, 0.4) is 0 Å². The first-order chi connectivity index (χ1) is 13.0. The number of carboxylic acid groups (broad SMARTS) is 1. The van der Waals surface area contributed by atoms with E-state index in [1.165, 1.54) is 18.2 Å². The van der Waals surface area contributed by atoms with Crippen molar-refractivity contribution in [3.8, 4) is 0 Å². The highest BCUT2D eigenvalue weighted by Crippen LogP contribution is 2.20. The molecule has 140 valence electrons. The predicted molar refractivity (Wildman–Crippen MR) is 99.3 cm³/mol. The summed E-state index contributed by atoms with van der Waals surface area (Å²) < 4.78 is 5.26. The van der Waals surface area contributed by atoms with Crippen LogP contribution in [-0.4, -0.2) is 54.1 Å². The Labute approximate surface area is 156 Å². The number of rotatable bonds is 4. The lowest BCUT2D eigenvalue weighted by Crippen LogP contribution is -2.40. The van der Waals surface area contributed by atoms with E-state index in [0.717, 1.165) is 5.56 Å². The van der Waals surface area contributed by atoms with E-state index >= 15 is 0 Å². The van der Waals surface area contributed by atoms with Crippen molar-refractivity contribution in [2.24, 2.45) is 0 Å². The van der Waals surface area contributed by atoms with E-state index < -0.39 is 11.9 Å². The zero-order valence-electron chi connectivity index (χ0n) is 14.9. The largest absolute Gasteiger partial charge is 0.478 e. The molecular weight excluding hydrogens is 348 g/mol. The monoisotopic (exact) mass is 368 g/mol. The molecule has 0 unspecified atom stereocenters. The van der Waals surface area contributed by atoms with Crippen LogP contribution >= 0.6 is 0 Å². The summed E-state index contributed by atoms with van der Waals surface area (Å²) >= 11 is 0. The van der Waals surface area contributed by atoms with Gasteiger partial charge in [-0.1, -0.05) is 12.1 Å². The summed E-state index contributed by atoms with van der Waals surface area (Å²) in [5, 5.41) is 11.8. The van der Waals surface area contributed by atoms with E-state index in [4.69, 9.17) is 9.84 Å². The molecule has 1 aliphatic rings. The third-order valence-corrected chi connectivity index (χ3v) is 4.40. The molecule has 0 atom stereocenters. The van der Waals surface area contributed by atoms with Crippen LogP contribution in [-0.2, 0) is 4.74 Å². The van der Waals surface area contributed by atoms with Crippen LogP contribution in [0.15, 0.2) is 42.5 Å². The summed E-state index contributed by atoms with van der Waals surface area (Å²) in [5.41, 5.74) is 2.07. The second kappa shape index (κ2) is 8.01. The normalized spacial score (nSPS) is 13.9. The molecule has 2 N–H and O–H groups in total. The minimum absolute atomic E-state index is 0.0376. The van der Waals surface area contributed by atoms with Crippen molar-refractivity contribution in [1.29, 1.82) is 0 Å². The fourth-order valence-electron chi connectivity index (χ4n) is 2.83. The van der Waals surface area contributed by atoms with Crippen molar-refractivity contribution < 1.29 is 24.2 Å². The van der Waals surface area contributed by atoms with Crippen molar-refractivity contribution >= 4 is 23.5 Å². The van der Waals surface area contributed by atoms with E-state index in [1.54, 1.807) is 29.2 Å². The van der Waals surface area contributed by atoms with Gasteiger partial charge in [0.1, 0.15) is 0 Å². The maximum Gasteiger partial charge on any atom is 0.335 e. The SMILES string of the molecule is Cc1ccc(C(=O)N2CCOCC2)cc1NC(=O)c1cccc(C(=O)O)c1. The van der Waals surface area contributed by atoms with Crippen molar-refractivity contribution in [3.63, 3.8) is 0 Å². The van der Waals surface area contributed by atoms with Crippen LogP contribution < -0.4 is 5.32 Å². The smallest absolute Gasteiger partial charge is 0.335 e. The molecule has 0 spiro atoms. The van der Waals surface area contributed by atoms with Gasteiger partial charge in [0.05, 0.1) is 18.8 Å². The van der Waals surface area contributed by atoms with Crippen molar-refractivity contribution in [2.75, 3.05) is 31.6 Å². The molecule has 2 aromatic carbocycles. The number of carbonyl (C=O) groups excluding carboxylic acids is 2. The first kappa shape index (κ1) is 18.6. The van der Waals surface area contributed by atoms with Crippen LogP contribution in [0.2, 0.25) is 0 Å². The molecule has 7 heteroatoms. The molecule has 1 fully saturated rings. The van der Waals surface area contributed by atoms with Gasteiger partial charge < -0.3 is 20.1 Å². The third kappa shape index (κ3) is 4.32. The summed E-state index contributed by atoms with van der Waals surface area (Å²) in [6, 6.07) is 10.9. The van der Waals surface area contributed by atoms with Crippen LogP contribution in [0.4, 0.5) is 5.69 Å². The van der Waals surface area contributed by atoms with Crippen LogP contribution in [0.25, 0.3) is 0 Å². The molecule has 1 heterocycles. The number of aryl methyl sites for hydroxylation is 1. The number of amides is 2. The van der Waals surface area contributed by atoms with Crippen LogP contribution in [0.5, 0.6) is 0 Å². The topological polar surface area (TPSA) is 95.9 Å². The zero-order chi connectivity index (χ0) is 19.4. The molecule has 0 radical (unpaired) electrons. The number of carboxylic acids is 1. The molecule has 7 nitrogen and oxygen atoms in total. The maximum absolute atomic E-state index is 12.6. The van der Waals surface area contributed by atoms with E-state index in [1.807, 2.05) is 6.92 Å². The Hall–Kier alpha value is -3.19.